The highest BCUT2D eigenvalue weighted by molar-refractivity contribution is 5.72. The summed E-state index contributed by atoms with van der Waals surface area (Å²) in [5.41, 5.74) is 3.45. The number of carbonyl (C=O) groups excluding carboxylic acids is 1. The number of pyridine rings is 1. The zero-order valence-electron chi connectivity index (χ0n) is 14.9. The number of rotatable bonds is 5. The second-order valence-corrected chi connectivity index (χ2v) is 6.84. The molecule has 0 saturated carbocycles. The van der Waals surface area contributed by atoms with Gasteiger partial charge in [0, 0.05) is 49.5 Å². The smallest absolute Gasteiger partial charge is 0.217 e. The molecule has 0 bridgehead atoms. The minimum atomic E-state index is -0.0579. The molecule has 2 aromatic rings. The minimum absolute atomic E-state index is 0.0579. The molecule has 0 radical (unpaired) electrons. The molecule has 136 valence electrons. The Morgan fingerprint density at radius 1 is 1.38 bits per heavy atom. The summed E-state index contributed by atoms with van der Waals surface area (Å²) in [7, 11) is 0. The Labute approximate surface area is 152 Å². The van der Waals surface area contributed by atoms with Crippen LogP contribution in [-0.2, 0) is 24.2 Å². The Balaban J connectivity index is 1.44. The molecule has 7 heteroatoms. The summed E-state index contributed by atoms with van der Waals surface area (Å²) in [5, 5.41) is 2.82. The molecule has 7 nitrogen and oxygen atoms in total. The second-order valence-electron chi connectivity index (χ2n) is 6.84. The maximum atomic E-state index is 11.2. The number of nitrogens with zero attached hydrogens (tertiary/aromatic N) is 4. The van der Waals surface area contributed by atoms with E-state index in [1.807, 2.05) is 6.07 Å². The van der Waals surface area contributed by atoms with Gasteiger partial charge in [0.25, 0.3) is 0 Å². The van der Waals surface area contributed by atoms with Gasteiger partial charge in [-0.2, -0.15) is 0 Å². The van der Waals surface area contributed by atoms with Crippen LogP contribution in [0.3, 0.4) is 0 Å². The van der Waals surface area contributed by atoms with Crippen molar-refractivity contribution >= 4 is 11.7 Å². The molecule has 1 amide bonds. The number of aryl methyl sites for hydroxylation is 1. The van der Waals surface area contributed by atoms with E-state index in [4.69, 9.17) is 4.74 Å². The second kappa shape index (κ2) is 7.27. The Morgan fingerprint density at radius 3 is 3.19 bits per heavy atom. The number of aromatic nitrogens is 3. The molecule has 4 rings (SSSR count). The highest BCUT2D eigenvalue weighted by Crippen LogP contribution is 2.31. The average molecular weight is 353 g/mol. The van der Waals surface area contributed by atoms with Crippen LogP contribution in [0.5, 0.6) is 5.75 Å². The van der Waals surface area contributed by atoms with Crippen LogP contribution in [0.2, 0.25) is 0 Å². The molecule has 0 aromatic carbocycles. The van der Waals surface area contributed by atoms with E-state index in [2.05, 4.69) is 25.2 Å². The molecule has 1 atom stereocenters. The van der Waals surface area contributed by atoms with E-state index in [1.54, 1.807) is 18.7 Å². The van der Waals surface area contributed by atoms with Crippen LogP contribution in [0.1, 0.15) is 36.6 Å². The SMILES string of the molecule is CC(=O)NCc1ccncc1O[C@H]1CCN(c2ncnc3c2CCC3)C1. The van der Waals surface area contributed by atoms with Crippen molar-refractivity contribution in [2.45, 2.75) is 45.3 Å². The minimum Gasteiger partial charge on any atom is -0.487 e. The molecule has 1 aliphatic heterocycles. The molecule has 0 spiro atoms. The van der Waals surface area contributed by atoms with Gasteiger partial charge in [-0.1, -0.05) is 0 Å². The normalized spacial score (nSPS) is 18.7. The Bertz CT molecular complexity index is 810. The lowest BCUT2D eigenvalue weighted by Gasteiger charge is -2.21. The van der Waals surface area contributed by atoms with Crippen molar-refractivity contribution in [3.05, 3.63) is 41.6 Å². The maximum Gasteiger partial charge on any atom is 0.217 e. The summed E-state index contributed by atoms with van der Waals surface area (Å²) >= 11 is 0. The first kappa shape index (κ1) is 16.8. The number of amides is 1. The van der Waals surface area contributed by atoms with E-state index >= 15 is 0 Å². The van der Waals surface area contributed by atoms with Crippen molar-refractivity contribution in [1.29, 1.82) is 0 Å². The predicted octanol–water partition coefficient (Wildman–Crippen LogP) is 1.65. The third-order valence-electron chi connectivity index (χ3n) is 4.99. The summed E-state index contributed by atoms with van der Waals surface area (Å²) in [6.45, 7) is 3.69. The van der Waals surface area contributed by atoms with Gasteiger partial charge in [0.2, 0.25) is 5.91 Å². The van der Waals surface area contributed by atoms with E-state index in [0.29, 0.717) is 6.54 Å². The van der Waals surface area contributed by atoms with Gasteiger partial charge in [0.1, 0.15) is 24.0 Å². The molecule has 0 unspecified atom stereocenters. The largest absolute Gasteiger partial charge is 0.487 e. The fourth-order valence-corrected chi connectivity index (χ4v) is 3.69. The zero-order valence-corrected chi connectivity index (χ0v) is 14.9. The standard InChI is InChI=1S/C19H23N5O2/c1-13(25)21-9-14-5-7-20-10-18(14)26-15-6-8-24(11-15)19-16-3-2-4-17(16)22-12-23-19/h5,7,10,12,15H,2-4,6,8-9,11H2,1H3,(H,21,25)/t15-/m0/s1. The van der Waals surface area contributed by atoms with Gasteiger partial charge < -0.3 is 15.0 Å². The maximum absolute atomic E-state index is 11.2. The van der Waals surface area contributed by atoms with E-state index in [9.17, 15) is 4.79 Å². The van der Waals surface area contributed by atoms with E-state index in [1.165, 1.54) is 18.2 Å². The van der Waals surface area contributed by atoms with E-state index < -0.39 is 0 Å². The number of ether oxygens (including phenoxy) is 1. The molecular formula is C19H23N5O2. The molecule has 1 N–H and O–H groups in total. The van der Waals surface area contributed by atoms with Crippen molar-refractivity contribution in [1.82, 2.24) is 20.3 Å². The fraction of sp³-hybridized carbons (Fsp3) is 0.474. The van der Waals surface area contributed by atoms with Gasteiger partial charge in [-0.3, -0.25) is 9.78 Å². The van der Waals surface area contributed by atoms with Crippen molar-refractivity contribution in [2.24, 2.45) is 0 Å². The van der Waals surface area contributed by atoms with Crippen LogP contribution >= 0.6 is 0 Å². The highest BCUT2D eigenvalue weighted by Gasteiger charge is 2.29. The van der Waals surface area contributed by atoms with Crippen LogP contribution in [0.15, 0.2) is 24.8 Å². The topological polar surface area (TPSA) is 80.2 Å². The number of nitrogens with one attached hydrogen (secondary N) is 1. The molecular weight excluding hydrogens is 330 g/mol. The van der Waals surface area contributed by atoms with Crippen LogP contribution in [-0.4, -0.2) is 40.1 Å². The Kier molecular flexibility index (Phi) is 4.69. The van der Waals surface area contributed by atoms with Crippen LogP contribution in [0.4, 0.5) is 5.82 Å². The third kappa shape index (κ3) is 3.47. The molecule has 1 fully saturated rings. The number of hydrogen-bond donors (Lipinski definition) is 1. The predicted molar refractivity (Wildman–Crippen MR) is 97.1 cm³/mol. The molecule has 2 aromatic heterocycles. The van der Waals surface area contributed by atoms with Gasteiger partial charge in [0.15, 0.2) is 0 Å². The first-order valence-corrected chi connectivity index (χ1v) is 9.12. The highest BCUT2D eigenvalue weighted by atomic mass is 16.5. The first-order chi connectivity index (χ1) is 12.7. The van der Waals surface area contributed by atoms with Crippen molar-refractivity contribution < 1.29 is 9.53 Å². The molecule has 3 heterocycles. The summed E-state index contributed by atoms with van der Waals surface area (Å²) < 4.78 is 6.21. The summed E-state index contributed by atoms with van der Waals surface area (Å²) in [6, 6.07) is 1.88. The quantitative estimate of drug-likeness (QED) is 0.880. The lowest BCUT2D eigenvalue weighted by atomic mass is 10.2. The first-order valence-electron chi connectivity index (χ1n) is 9.12. The van der Waals surface area contributed by atoms with Crippen LogP contribution < -0.4 is 15.0 Å². The van der Waals surface area contributed by atoms with Gasteiger partial charge in [0.05, 0.1) is 12.7 Å². The molecule has 1 saturated heterocycles. The van der Waals surface area contributed by atoms with Gasteiger partial charge in [-0.15, -0.1) is 0 Å². The number of carbonyl (C=O) groups is 1. The van der Waals surface area contributed by atoms with Gasteiger partial charge >= 0.3 is 0 Å². The van der Waals surface area contributed by atoms with Crippen molar-refractivity contribution in [3.63, 3.8) is 0 Å². The average Bonchev–Trinajstić information content (AvgIpc) is 3.30. The number of fused-ring (bicyclic) bond motifs is 1. The van der Waals surface area contributed by atoms with E-state index in [0.717, 1.165) is 55.9 Å². The molecule has 2 aliphatic rings. The fourth-order valence-electron chi connectivity index (χ4n) is 3.69. The number of anilines is 1. The number of hydrogen-bond acceptors (Lipinski definition) is 6. The van der Waals surface area contributed by atoms with Crippen LogP contribution in [0, 0.1) is 0 Å². The monoisotopic (exact) mass is 353 g/mol. The van der Waals surface area contributed by atoms with Crippen molar-refractivity contribution in [3.8, 4) is 5.75 Å². The summed E-state index contributed by atoms with van der Waals surface area (Å²) in [5.74, 6) is 1.75. The summed E-state index contributed by atoms with van der Waals surface area (Å²) in [4.78, 5) is 26.6. The molecule has 1 aliphatic carbocycles. The Hall–Kier alpha value is -2.70. The lowest BCUT2D eigenvalue weighted by molar-refractivity contribution is -0.119. The van der Waals surface area contributed by atoms with Crippen molar-refractivity contribution in [2.75, 3.05) is 18.0 Å². The lowest BCUT2D eigenvalue weighted by Crippen LogP contribution is -2.27. The summed E-state index contributed by atoms with van der Waals surface area (Å²) in [6.07, 6.45) is 9.43. The van der Waals surface area contributed by atoms with Crippen LogP contribution in [0.25, 0.3) is 0 Å². The zero-order chi connectivity index (χ0) is 17.9. The van der Waals surface area contributed by atoms with E-state index in [-0.39, 0.29) is 12.0 Å². The third-order valence-corrected chi connectivity index (χ3v) is 4.99. The Morgan fingerprint density at radius 2 is 2.31 bits per heavy atom. The van der Waals surface area contributed by atoms with Gasteiger partial charge in [-0.25, -0.2) is 9.97 Å². The van der Waals surface area contributed by atoms with Gasteiger partial charge in [-0.05, 0) is 25.3 Å². The molecule has 26 heavy (non-hydrogen) atoms.